The number of benzene rings is 1. The monoisotopic (exact) mass is 245 g/mol. The summed E-state index contributed by atoms with van der Waals surface area (Å²) in [6.07, 6.45) is 2.04. The molecular weight excluding hydrogens is 229 g/mol. The zero-order chi connectivity index (χ0) is 11.4. The highest BCUT2D eigenvalue weighted by Crippen LogP contribution is 2.31. The minimum Gasteiger partial charge on any atom is -0.324 e. The molecule has 0 aromatic heterocycles. The van der Waals surface area contributed by atoms with Crippen molar-refractivity contribution >= 4 is 23.2 Å². The fourth-order valence-electron chi connectivity index (χ4n) is 1.48. The van der Waals surface area contributed by atoms with E-state index in [2.05, 4.69) is 13.8 Å². The molecule has 0 heterocycles. The zero-order valence-electron chi connectivity index (χ0n) is 9.13. The summed E-state index contributed by atoms with van der Waals surface area (Å²) in [6, 6.07) is 5.60. The molecule has 0 aliphatic heterocycles. The normalized spacial score (nSPS) is 13.2. The highest BCUT2D eigenvalue weighted by Gasteiger charge is 2.12. The van der Waals surface area contributed by atoms with Crippen LogP contribution < -0.4 is 5.73 Å². The second-order valence-corrected chi connectivity index (χ2v) is 5.01. The van der Waals surface area contributed by atoms with E-state index in [1.165, 1.54) is 0 Å². The first-order chi connectivity index (χ1) is 7.02. The van der Waals surface area contributed by atoms with Crippen LogP contribution in [0.2, 0.25) is 10.0 Å². The van der Waals surface area contributed by atoms with Gasteiger partial charge in [0.1, 0.15) is 0 Å². The van der Waals surface area contributed by atoms with Gasteiger partial charge in [0.2, 0.25) is 0 Å². The lowest BCUT2D eigenvalue weighted by atomic mass is 9.98. The van der Waals surface area contributed by atoms with Crippen LogP contribution in [0.4, 0.5) is 0 Å². The van der Waals surface area contributed by atoms with Crippen molar-refractivity contribution in [1.82, 2.24) is 0 Å². The van der Waals surface area contributed by atoms with Crippen LogP contribution in [0.1, 0.15) is 38.3 Å². The summed E-state index contributed by atoms with van der Waals surface area (Å²) in [5, 5.41) is 1.17. The maximum atomic E-state index is 6.09. The summed E-state index contributed by atoms with van der Waals surface area (Å²) >= 11 is 12.0. The van der Waals surface area contributed by atoms with E-state index in [0.717, 1.165) is 18.4 Å². The van der Waals surface area contributed by atoms with E-state index in [1.54, 1.807) is 6.07 Å². The number of hydrogen-bond donors (Lipinski definition) is 1. The molecule has 3 heteroatoms. The molecule has 84 valence electrons. The Kier molecular flexibility index (Phi) is 4.91. The zero-order valence-corrected chi connectivity index (χ0v) is 10.6. The summed E-state index contributed by atoms with van der Waals surface area (Å²) in [5.74, 6) is 0.661. The molecular formula is C12H17Cl2N. The highest BCUT2D eigenvalue weighted by atomic mass is 35.5. The maximum Gasteiger partial charge on any atom is 0.0639 e. The molecule has 15 heavy (non-hydrogen) atoms. The van der Waals surface area contributed by atoms with Gasteiger partial charge in [0.25, 0.3) is 0 Å². The number of halogens is 2. The highest BCUT2D eigenvalue weighted by molar-refractivity contribution is 6.42. The molecule has 1 nitrogen and oxygen atoms in total. The van der Waals surface area contributed by atoms with E-state index in [4.69, 9.17) is 28.9 Å². The SMILES string of the molecule is CC(C)CC[C@H](N)c1cccc(Cl)c1Cl. The third kappa shape index (κ3) is 3.67. The lowest BCUT2D eigenvalue weighted by molar-refractivity contribution is 0.507. The minimum absolute atomic E-state index is 0.0152. The van der Waals surface area contributed by atoms with Crippen LogP contribution in [-0.2, 0) is 0 Å². The van der Waals surface area contributed by atoms with Gasteiger partial charge < -0.3 is 5.73 Å². The van der Waals surface area contributed by atoms with E-state index in [9.17, 15) is 0 Å². The van der Waals surface area contributed by atoms with E-state index >= 15 is 0 Å². The van der Waals surface area contributed by atoms with Crippen molar-refractivity contribution < 1.29 is 0 Å². The smallest absolute Gasteiger partial charge is 0.0639 e. The molecule has 0 saturated heterocycles. The molecule has 0 saturated carbocycles. The van der Waals surface area contributed by atoms with Gasteiger partial charge in [-0.1, -0.05) is 49.2 Å². The van der Waals surface area contributed by atoms with E-state index in [-0.39, 0.29) is 6.04 Å². The molecule has 0 aliphatic rings. The fourth-order valence-corrected chi connectivity index (χ4v) is 1.92. The van der Waals surface area contributed by atoms with E-state index in [1.807, 2.05) is 12.1 Å². The third-order valence-electron chi connectivity index (χ3n) is 2.44. The molecule has 0 amide bonds. The van der Waals surface area contributed by atoms with Crippen LogP contribution in [0, 0.1) is 5.92 Å². The van der Waals surface area contributed by atoms with Crippen molar-refractivity contribution in [2.24, 2.45) is 11.7 Å². The van der Waals surface area contributed by atoms with Crippen molar-refractivity contribution in [2.75, 3.05) is 0 Å². The van der Waals surface area contributed by atoms with Crippen molar-refractivity contribution in [3.63, 3.8) is 0 Å². The van der Waals surface area contributed by atoms with Gasteiger partial charge in [-0.2, -0.15) is 0 Å². The van der Waals surface area contributed by atoms with Crippen LogP contribution in [0.15, 0.2) is 18.2 Å². The fraction of sp³-hybridized carbons (Fsp3) is 0.500. The molecule has 0 unspecified atom stereocenters. The number of nitrogens with two attached hydrogens (primary N) is 1. The van der Waals surface area contributed by atoms with Gasteiger partial charge in [0.15, 0.2) is 0 Å². The second-order valence-electron chi connectivity index (χ2n) is 4.22. The number of rotatable bonds is 4. The van der Waals surface area contributed by atoms with Crippen LogP contribution in [-0.4, -0.2) is 0 Å². The molecule has 1 aromatic carbocycles. The lowest BCUT2D eigenvalue weighted by Gasteiger charge is -2.15. The predicted molar refractivity (Wildman–Crippen MR) is 67.5 cm³/mol. The molecule has 0 radical (unpaired) electrons. The van der Waals surface area contributed by atoms with Gasteiger partial charge in [-0.05, 0) is 30.4 Å². The Balaban J connectivity index is 2.73. The summed E-state index contributed by atoms with van der Waals surface area (Å²) in [5.41, 5.74) is 7.02. The average molecular weight is 246 g/mol. The van der Waals surface area contributed by atoms with Gasteiger partial charge in [0.05, 0.1) is 10.0 Å². The Morgan fingerprint density at radius 2 is 1.87 bits per heavy atom. The van der Waals surface area contributed by atoms with Crippen LogP contribution >= 0.6 is 23.2 Å². The molecule has 1 rings (SSSR count). The topological polar surface area (TPSA) is 26.0 Å². The van der Waals surface area contributed by atoms with Crippen LogP contribution in [0.5, 0.6) is 0 Å². The lowest BCUT2D eigenvalue weighted by Crippen LogP contribution is -2.11. The number of hydrogen-bond acceptors (Lipinski definition) is 1. The summed E-state index contributed by atoms with van der Waals surface area (Å²) in [7, 11) is 0. The van der Waals surface area contributed by atoms with Crippen molar-refractivity contribution in [3.05, 3.63) is 33.8 Å². The Morgan fingerprint density at radius 1 is 1.20 bits per heavy atom. The van der Waals surface area contributed by atoms with Gasteiger partial charge in [-0.25, -0.2) is 0 Å². The standard InChI is InChI=1S/C12H17Cl2N/c1-8(2)6-7-11(15)9-4-3-5-10(13)12(9)14/h3-5,8,11H,6-7,15H2,1-2H3/t11-/m0/s1. The Labute approximate surface area is 102 Å². The van der Waals surface area contributed by atoms with Gasteiger partial charge in [-0.3, -0.25) is 0 Å². The molecule has 0 aliphatic carbocycles. The molecule has 0 spiro atoms. The van der Waals surface area contributed by atoms with E-state index < -0.39 is 0 Å². The maximum absolute atomic E-state index is 6.09. The summed E-state index contributed by atoms with van der Waals surface area (Å²) < 4.78 is 0. The van der Waals surface area contributed by atoms with Gasteiger partial charge in [0, 0.05) is 6.04 Å². The summed E-state index contributed by atoms with van der Waals surface area (Å²) in [4.78, 5) is 0. The molecule has 1 atom stereocenters. The molecule has 1 aromatic rings. The Bertz CT molecular complexity index is 323. The van der Waals surface area contributed by atoms with Gasteiger partial charge >= 0.3 is 0 Å². The van der Waals surface area contributed by atoms with Crippen molar-refractivity contribution in [3.8, 4) is 0 Å². The Hall–Kier alpha value is -0.240. The largest absolute Gasteiger partial charge is 0.324 e. The first kappa shape index (κ1) is 12.8. The third-order valence-corrected chi connectivity index (χ3v) is 3.27. The van der Waals surface area contributed by atoms with E-state index in [0.29, 0.717) is 16.0 Å². The summed E-state index contributed by atoms with van der Waals surface area (Å²) in [6.45, 7) is 4.37. The van der Waals surface area contributed by atoms with Gasteiger partial charge in [-0.15, -0.1) is 0 Å². The predicted octanol–water partition coefficient (Wildman–Crippen LogP) is 4.43. The average Bonchev–Trinajstić information content (AvgIpc) is 2.18. The van der Waals surface area contributed by atoms with Crippen molar-refractivity contribution in [2.45, 2.75) is 32.7 Å². The Morgan fingerprint density at radius 3 is 2.47 bits per heavy atom. The quantitative estimate of drug-likeness (QED) is 0.835. The van der Waals surface area contributed by atoms with Crippen molar-refractivity contribution in [1.29, 1.82) is 0 Å². The van der Waals surface area contributed by atoms with Crippen LogP contribution in [0.3, 0.4) is 0 Å². The molecule has 0 fully saturated rings. The second kappa shape index (κ2) is 5.74. The first-order valence-electron chi connectivity index (χ1n) is 5.22. The minimum atomic E-state index is -0.0152. The molecule has 0 bridgehead atoms. The molecule has 2 N–H and O–H groups in total. The first-order valence-corrected chi connectivity index (χ1v) is 5.97. The van der Waals surface area contributed by atoms with Crippen LogP contribution in [0.25, 0.3) is 0 Å².